The van der Waals surface area contributed by atoms with Gasteiger partial charge in [0, 0.05) is 5.69 Å². The number of carbonyl (C=O) groups is 1. The van der Waals surface area contributed by atoms with Gasteiger partial charge in [-0.25, -0.2) is 9.78 Å². The highest BCUT2D eigenvalue weighted by atomic mass is 32.1. The molecular formula is C14H16N2O2S. The number of esters is 1. The van der Waals surface area contributed by atoms with Crippen LogP contribution in [0.2, 0.25) is 0 Å². The van der Waals surface area contributed by atoms with Crippen molar-refractivity contribution in [3.8, 4) is 0 Å². The highest BCUT2D eigenvalue weighted by Gasteiger charge is 2.16. The summed E-state index contributed by atoms with van der Waals surface area (Å²) in [6.45, 7) is 5.92. The Hall–Kier alpha value is -1.88. The fraction of sp³-hybridized carbons (Fsp3) is 0.286. The van der Waals surface area contributed by atoms with Crippen LogP contribution in [-0.4, -0.2) is 18.1 Å². The molecule has 0 aliphatic heterocycles. The molecule has 0 atom stereocenters. The zero-order valence-corrected chi connectivity index (χ0v) is 12.2. The van der Waals surface area contributed by atoms with Crippen molar-refractivity contribution < 1.29 is 9.53 Å². The van der Waals surface area contributed by atoms with Gasteiger partial charge in [-0.3, -0.25) is 0 Å². The Balaban J connectivity index is 2.29. The molecule has 100 valence electrons. The summed E-state index contributed by atoms with van der Waals surface area (Å²) in [5.41, 5.74) is 4.08. The van der Waals surface area contributed by atoms with E-state index in [1.807, 2.05) is 12.1 Å². The summed E-state index contributed by atoms with van der Waals surface area (Å²) in [5, 5.41) is 3.95. The van der Waals surface area contributed by atoms with Crippen LogP contribution in [0.1, 0.15) is 26.5 Å². The van der Waals surface area contributed by atoms with Gasteiger partial charge in [0.15, 0.2) is 5.13 Å². The van der Waals surface area contributed by atoms with Crippen molar-refractivity contribution in [1.82, 2.24) is 4.98 Å². The van der Waals surface area contributed by atoms with Crippen LogP contribution in [0.4, 0.5) is 10.8 Å². The molecule has 4 nitrogen and oxygen atoms in total. The lowest BCUT2D eigenvalue weighted by atomic mass is 10.1. The SMILES string of the molecule is COC(=O)c1sc(Nc2cccc(C)c2C)nc1C. The Morgan fingerprint density at radius 2 is 2.05 bits per heavy atom. The summed E-state index contributed by atoms with van der Waals surface area (Å²) >= 11 is 1.30. The number of nitrogens with zero attached hydrogens (tertiary/aromatic N) is 1. The van der Waals surface area contributed by atoms with Crippen molar-refractivity contribution in [2.75, 3.05) is 12.4 Å². The largest absolute Gasteiger partial charge is 0.465 e. The van der Waals surface area contributed by atoms with E-state index in [4.69, 9.17) is 4.74 Å². The summed E-state index contributed by atoms with van der Waals surface area (Å²) in [5.74, 6) is -0.344. The number of methoxy groups -OCH3 is 1. The Bertz CT molecular complexity index is 620. The third-order valence-corrected chi connectivity index (χ3v) is 4.07. The van der Waals surface area contributed by atoms with E-state index in [1.54, 1.807) is 6.92 Å². The van der Waals surface area contributed by atoms with Crippen molar-refractivity contribution in [2.45, 2.75) is 20.8 Å². The molecule has 0 saturated heterocycles. The minimum absolute atomic E-state index is 0.344. The van der Waals surface area contributed by atoms with Crippen LogP contribution in [0.3, 0.4) is 0 Å². The van der Waals surface area contributed by atoms with Crippen molar-refractivity contribution in [1.29, 1.82) is 0 Å². The monoisotopic (exact) mass is 276 g/mol. The van der Waals surface area contributed by atoms with Gasteiger partial charge in [0.1, 0.15) is 4.88 Å². The molecule has 0 bridgehead atoms. The van der Waals surface area contributed by atoms with Crippen LogP contribution in [0.15, 0.2) is 18.2 Å². The van der Waals surface area contributed by atoms with Gasteiger partial charge >= 0.3 is 5.97 Å². The Kier molecular flexibility index (Phi) is 3.85. The maximum atomic E-state index is 11.5. The quantitative estimate of drug-likeness (QED) is 0.870. The van der Waals surface area contributed by atoms with E-state index in [1.165, 1.54) is 29.6 Å². The van der Waals surface area contributed by atoms with Gasteiger partial charge < -0.3 is 10.1 Å². The Labute approximate surface area is 116 Å². The van der Waals surface area contributed by atoms with E-state index in [2.05, 4.69) is 30.2 Å². The number of anilines is 2. The molecule has 1 aromatic carbocycles. The van der Waals surface area contributed by atoms with E-state index in [0.29, 0.717) is 15.7 Å². The first-order chi connectivity index (χ1) is 9.02. The van der Waals surface area contributed by atoms with Crippen LogP contribution in [0.25, 0.3) is 0 Å². The van der Waals surface area contributed by atoms with Gasteiger partial charge in [0.05, 0.1) is 12.8 Å². The predicted molar refractivity (Wildman–Crippen MR) is 77.4 cm³/mol. The Morgan fingerprint density at radius 1 is 1.32 bits per heavy atom. The smallest absolute Gasteiger partial charge is 0.350 e. The van der Waals surface area contributed by atoms with Gasteiger partial charge in [-0.2, -0.15) is 0 Å². The number of benzene rings is 1. The number of hydrogen-bond donors (Lipinski definition) is 1. The number of thiazole rings is 1. The highest BCUT2D eigenvalue weighted by Crippen LogP contribution is 2.28. The average Bonchev–Trinajstić information content (AvgIpc) is 2.75. The maximum Gasteiger partial charge on any atom is 0.350 e. The Morgan fingerprint density at radius 3 is 2.74 bits per heavy atom. The van der Waals surface area contributed by atoms with Crippen molar-refractivity contribution in [3.05, 3.63) is 39.9 Å². The lowest BCUT2D eigenvalue weighted by molar-refractivity contribution is 0.0605. The summed E-state index contributed by atoms with van der Waals surface area (Å²) in [7, 11) is 1.37. The van der Waals surface area contributed by atoms with Crippen LogP contribution in [0, 0.1) is 20.8 Å². The molecule has 0 aliphatic rings. The summed E-state index contributed by atoms with van der Waals surface area (Å²) in [6.07, 6.45) is 0. The molecule has 0 fully saturated rings. The van der Waals surface area contributed by atoms with Gasteiger partial charge in [-0.1, -0.05) is 23.5 Å². The first-order valence-electron chi connectivity index (χ1n) is 5.92. The minimum Gasteiger partial charge on any atom is -0.465 e. The van der Waals surface area contributed by atoms with Crippen molar-refractivity contribution >= 4 is 28.1 Å². The minimum atomic E-state index is -0.344. The van der Waals surface area contributed by atoms with E-state index < -0.39 is 0 Å². The molecule has 5 heteroatoms. The van der Waals surface area contributed by atoms with E-state index in [-0.39, 0.29) is 5.97 Å². The maximum absolute atomic E-state index is 11.5. The topological polar surface area (TPSA) is 51.2 Å². The molecule has 2 aromatic rings. The van der Waals surface area contributed by atoms with E-state index in [9.17, 15) is 4.79 Å². The number of nitrogens with one attached hydrogen (secondary N) is 1. The fourth-order valence-electron chi connectivity index (χ4n) is 1.73. The first kappa shape index (κ1) is 13.5. The number of rotatable bonds is 3. The van der Waals surface area contributed by atoms with Gasteiger partial charge in [0.2, 0.25) is 0 Å². The zero-order chi connectivity index (χ0) is 14.0. The van der Waals surface area contributed by atoms with Crippen LogP contribution < -0.4 is 5.32 Å². The van der Waals surface area contributed by atoms with E-state index in [0.717, 1.165) is 5.69 Å². The summed E-state index contributed by atoms with van der Waals surface area (Å²) < 4.78 is 4.73. The third-order valence-electron chi connectivity index (χ3n) is 3.01. The second-order valence-corrected chi connectivity index (χ2v) is 5.30. The predicted octanol–water partition coefficient (Wildman–Crippen LogP) is 3.60. The fourth-order valence-corrected chi connectivity index (χ4v) is 2.63. The second-order valence-electron chi connectivity index (χ2n) is 4.30. The number of hydrogen-bond acceptors (Lipinski definition) is 5. The van der Waals surface area contributed by atoms with Gasteiger partial charge in [0.25, 0.3) is 0 Å². The van der Waals surface area contributed by atoms with Crippen LogP contribution >= 0.6 is 11.3 Å². The molecule has 1 heterocycles. The van der Waals surface area contributed by atoms with Gasteiger partial charge in [-0.05, 0) is 38.0 Å². The molecule has 0 radical (unpaired) electrons. The van der Waals surface area contributed by atoms with Crippen molar-refractivity contribution in [3.63, 3.8) is 0 Å². The zero-order valence-electron chi connectivity index (χ0n) is 11.4. The van der Waals surface area contributed by atoms with Gasteiger partial charge in [-0.15, -0.1) is 0 Å². The number of carbonyl (C=O) groups excluding carboxylic acids is 1. The lowest BCUT2D eigenvalue weighted by Gasteiger charge is -2.08. The molecule has 1 N–H and O–H groups in total. The molecule has 0 aliphatic carbocycles. The molecule has 0 amide bonds. The van der Waals surface area contributed by atoms with Crippen molar-refractivity contribution in [2.24, 2.45) is 0 Å². The van der Waals surface area contributed by atoms with Crippen LogP contribution in [-0.2, 0) is 4.74 Å². The number of aryl methyl sites for hydroxylation is 2. The molecule has 1 aromatic heterocycles. The molecule has 0 saturated carbocycles. The molecule has 19 heavy (non-hydrogen) atoms. The standard InChI is InChI=1S/C14H16N2O2S/c1-8-6-5-7-11(9(8)2)16-14-15-10(3)12(19-14)13(17)18-4/h5-7H,1-4H3,(H,15,16). The number of ether oxygens (including phenoxy) is 1. The molecular weight excluding hydrogens is 260 g/mol. The first-order valence-corrected chi connectivity index (χ1v) is 6.73. The molecule has 0 unspecified atom stereocenters. The molecule has 2 rings (SSSR count). The number of aromatic nitrogens is 1. The second kappa shape index (κ2) is 5.40. The molecule has 0 spiro atoms. The summed E-state index contributed by atoms with van der Waals surface area (Å²) in [4.78, 5) is 16.4. The van der Waals surface area contributed by atoms with Crippen LogP contribution in [0.5, 0.6) is 0 Å². The third kappa shape index (κ3) is 2.76. The average molecular weight is 276 g/mol. The summed E-state index contributed by atoms with van der Waals surface area (Å²) in [6, 6.07) is 6.05. The highest BCUT2D eigenvalue weighted by molar-refractivity contribution is 7.17. The lowest BCUT2D eigenvalue weighted by Crippen LogP contribution is -1.99. The van der Waals surface area contributed by atoms with E-state index >= 15 is 0 Å². The normalized spacial score (nSPS) is 10.3.